The van der Waals surface area contributed by atoms with Gasteiger partial charge in [-0.2, -0.15) is 0 Å². The van der Waals surface area contributed by atoms with Crippen molar-refractivity contribution in [2.24, 2.45) is 5.92 Å². The summed E-state index contributed by atoms with van der Waals surface area (Å²) in [5, 5.41) is 10.1. The van der Waals surface area contributed by atoms with Crippen LogP contribution in [0.1, 0.15) is 37.7 Å². The molecule has 86 valence electrons. The zero-order valence-electron chi connectivity index (χ0n) is 9.60. The Morgan fingerprint density at radius 1 is 1.31 bits per heavy atom. The predicted octanol–water partition coefficient (Wildman–Crippen LogP) is 2.52. The van der Waals surface area contributed by atoms with E-state index in [1.807, 2.05) is 30.3 Å². The molecule has 1 saturated carbocycles. The molecule has 0 amide bonds. The third kappa shape index (κ3) is 2.17. The maximum Gasteiger partial charge on any atom is 0.143 e. The molecule has 0 saturated heterocycles. The molecular formula is C14H18O2. The Kier molecular flexibility index (Phi) is 3.39. The Labute approximate surface area is 96.3 Å². The maximum absolute atomic E-state index is 12.0. The van der Waals surface area contributed by atoms with Crippen molar-refractivity contribution in [2.45, 2.75) is 38.2 Å². The Morgan fingerprint density at radius 3 is 2.56 bits per heavy atom. The molecule has 1 fully saturated rings. The summed E-state index contributed by atoms with van der Waals surface area (Å²) in [7, 11) is 0. The highest BCUT2D eigenvalue weighted by Crippen LogP contribution is 2.34. The number of hydrogen-bond donors (Lipinski definition) is 1. The number of hydrogen-bond acceptors (Lipinski definition) is 2. The largest absolute Gasteiger partial charge is 0.392 e. The summed E-state index contributed by atoms with van der Waals surface area (Å²) in [4.78, 5) is 12.0. The van der Waals surface area contributed by atoms with Crippen LogP contribution in [0.15, 0.2) is 30.3 Å². The van der Waals surface area contributed by atoms with E-state index >= 15 is 0 Å². The van der Waals surface area contributed by atoms with Gasteiger partial charge in [0, 0.05) is 6.42 Å². The number of carbonyl (C=O) groups excluding carboxylic acids is 1. The first kappa shape index (κ1) is 11.3. The fraction of sp³-hybridized carbons (Fsp3) is 0.500. The zero-order chi connectivity index (χ0) is 11.5. The summed E-state index contributed by atoms with van der Waals surface area (Å²) in [6.07, 6.45) is 1.84. The molecule has 16 heavy (non-hydrogen) atoms. The van der Waals surface area contributed by atoms with Crippen LogP contribution >= 0.6 is 0 Å². The summed E-state index contributed by atoms with van der Waals surface area (Å²) >= 11 is 0. The van der Waals surface area contributed by atoms with Crippen molar-refractivity contribution in [1.29, 1.82) is 0 Å². The topological polar surface area (TPSA) is 37.3 Å². The molecule has 0 spiro atoms. The van der Waals surface area contributed by atoms with Crippen LogP contribution in [0.4, 0.5) is 0 Å². The van der Waals surface area contributed by atoms with Gasteiger partial charge < -0.3 is 5.11 Å². The minimum Gasteiger partial charge on any atom is -0.392 e. The Hall–Kier alpha value is -1.15. The second-order valence-corrected chi connectivity index (χ2v) is 4.64. The van der Waals surface area contributed by atoms with E-state index in [4.69, 9.17) is 0 Å². The first-order chi connectivity index (χ1) is 7.72. The summed E-state index contributed by atoms with van der Waals surface area (Å²) in [5.41, 5.74) is 0.953. The van der Waals surface area contributed by atoms with Gasteiger partial charge in [0.25, 0.3) is 0 Å². The van der Waals surface area contributed by atoms with Gasteiger partial charge in [-0.05, 0) is 17.9 Å². The predicted molar refractivity (Wildman–Crippen MR) is 63.2 cm³/mol. The van der Waals surface area contributed by atoms with Crippen LogP contribution in [0.2, 0.25) is 0 Å². The Morgan fingerprint density at radius 2 is 2.00 bits per heavy atom. The summed E-state index contributed by atoms with van der Waals surface area (Å²) in [6, 6.07) is 9.62. The number of Topliss-reactive ketones (excluding diaryl/α,β-unsaturated/α-hetero) is 1. The molecule has 1 aromatic rings. The van der Waals surface area contributed by atoms with Crippen LogP contribution in [-0.2, 0) is 4.79 Å². The van der Waals surface area contributed by atoms with Crippen molar-refractivity contribution >= 4 is 5.78 Å². The van der Waals surface area contributed by atoms with Crippen LogP contribution in [-0.4, -0.2) is 17.0 Å². The van der Waals surface area contributed by atoms with E-state index in [0.717, 1.165) is 18.4 Å². The average Bonchev–Trinajstić information content (AvgIpc) is 2.29. The van der Waals surface area contributed by atoms with Crippen LogP contribution in [0, 0.1) is 5.92 Å². The number of ketones is 1. The standard InChI is InChI=1S/C14H18O2/c1-2-10-8-12(15)14(13(16)9-10)11-6-4-3-5-7-11/h3-7,10,12,14-15H,2,8-9H2,1H3/t10-,12?,14+/m1/s1. The fourth-order valence-corrected chi connectivity index (χ4v) is 2.57. The molecule has 1 aliphatic rings. The van der Waals surface area contributed by atoms with Gasteiger partial charge >= 0.3 is 0 Å². The van der Waals surface area contributed by atoms with Crippen molar-refractivity contribution < 1.29 is 9.90 Å². The van der Waals surface area contributed by atoms with E-state index in [2.05, 4.69) is 6.92 Å². The van der Waals surface area contributed by atoms with E-state index in [-0.39, 0.29) is 11.7 Å². The lowest BCUT2D eigenvalue weighted by atomic mass is 9.75. The average molecular weight is 218 g/mol. The highest BCUT2D eigenvalue weighted by molar-refractivity contribution is 5.87. The van der Waals surface area contributed by atoms with Gasteiger partial charge in [0.15, 0.2) is 0 Å². The second-order valence-electron chi connectivity index (χ2n) is 4.64. The number of carbonyl (C=O) groups is 1. The van der Waals surface area contributed by atoms with Crippen LogP contribution in [0.3, 0.4) is 0 Å². The Balaban J connectivity index is 2.20. The van der Waals surface area contributed by atoms with E-state index < -0.39 is 6.10 Å². The molecule has 2 nitrogen and oxygen atoms in total. The van der Waals surface area contributed by atoms with E-state index in [0.29, 0.717) is 12.3 Å². The van der Waals surface area contributed by atoms with Crippen LogP contribution in [0.25, 0.3) is 0 Å². The Bertz CT molecular complexity index is 358. The van der Waals surface area contributed by atoms with Crippen molar-refractivity contribution in [1.82, 2.24) is 0 Å². The minimum atomic E-state index is -0.506. The van der Waals surface area contributed by atoms with E-state index in [1.54, 1.807) is 0 Å². The smallest absolute Gasteiger partial charge is 0.143 e. The van der Waals surface area contributed by atoms with Crippen molar-refractivity contribution in [3.63, 3.8) is 0 Å². The van der Waals surface area contributed by atoms with Gasteiger partial charge in [-0.3, -0.25) is 4.79 Å². The van der Waals surface area contributed by atoms with Gasteiger partial charge in [0.05, 0.1) is 12.0 Å². The third-order valence-corrected chi connectivity index (χ3v) is 3.53. The SMILES string of the molecule is CC[C@H]1CC(=O)[C@@H](c2ccccc2)C(O)C1. The van der Waals surface area contributed by atoms with Gasteiger partial charge in [-0.15, -0.1) is 0 Å². The lowest BCUT2D eigenvalue weighted by Gasteiger charge is -2.31. The molecule has 0 aliphatic heterocycles. The molecule has 1 aliphatic carbocycles. The molecule has 1 N–H and O–H groups in total. The molecular weight excluding hydrogens is 200 g/mol. The second kappa shape index (κ2) is 4.79. The molecule has 3 atom stereocenters. The van der Waals surface area contributed by atoms with Gasteiger partial charge in [0.2, 0.25) is 0 Å². The van der Waals surface area contributed by atoms with Crippen molar-refractivity contribution in [2.75, 3.05) is 0 Å². The molecule has 2 heteroatoms. The van der Waals surface area contributed by atoms with Crippen LogP contribution in [0.5, 0.6) is 0 Å². The normalized spacial score (nSPS) is 30.4. The number of aliphatic hydroxyl groups excluding tert-OH is 1. The quantitative estimate of drug-likeness (QED) is 0.828. The highest BCUT2D eigenvalue weighted by Gasteiger charge is 2.35. The van der Waals surface area contributed by atoms with Gasteiger partial charge in [-0.25, -0.2) is 0 Å². The number of rotatable bonds is 2. The van der Waals surface area contributed by atoms with Crippen molar-refractivity contribution in [3.8, 4) is 0 Å². The first-order valence-electron chi connectivity index (χ1n) is 5.98. The molecule has 1 aromatic carbocycles. The zero-order valence-corrected chi connectivity index (χ0v) is 9.60. The summed E-state index contributed by atoms with van der Waals surface area (Å²) < 4.78 is 0. The lowest BCUT2D eigenvalue weighted by molar-refractivity contribution is -0.127. The summed E-state index contributed by atoms with van der Waals surface area (Å²) in [5.74, 6) is 0.253. The minimum absolute atomic E-state index is 0.191. The monoisotopic (exact) mass is 218 g/mol. The lowest BCUT2D eigenvalue weighted by Crippen LogP contribution is -2.34. The molecule has 0 heterocycles. The molecule has 0 radical (unpaired) electrons. The third-order valence-electron chi connectivity index (χ3n) is 3.53. The first-order valence-corrected chi connectivity index (χ1v) is 5.98. The van der Waals surface area contributed by atoms with E-state index in [9.17, 15) is 9.90 Å². The number of benzene rings is 1. The van der Waals surface area contributed by atoms with Gasteiger partial charge in [0.1, 0.15) is 5.78 Å². The summed E-state index contributed by atoms with van der Waals surface area (Å²) in [6.45, 7) is 2.08. The maximum atomic E-state index is 12.0. The fourth-order valence-electron chi connectivity index (χ4n) is 2.57. The highest BCUT2D eigenvalue weighted by atomic mass is 16.3. The molecule has 1 unspecified atom stereocenters. The molecule has 0 aromatic heterocycles. The van der Waals surface area contributed by atoms with E-state index in [1.165, 1.54) is 0 Å². The van der Waals surface area contributed by atoms with Gasteiger partial charge in [-0.1, -0.05) is 43.7 Å². The number of aliphatic hydroxyl groups is 1. The van der Waals surface area contributed by atoms with Crippen molar-refractivity contribution in [3.05, 3.63) is 35.9 Å². The molecule has 2 rings (SSSR count). The molecule has 0 bridgehead atoms. The van der Waals surface area contributed by atoms with Crippen LogP contribution < -0.4 is 0 Å².